The van der Waals surface area contributed by atoms with Gasteiger partial charge in [-0.3, -0.25) is 4.79 Å². The van der Waals surface area contributed by atoms with E-state index in [1.807, 2.05) is 30.3 Å². The second-order valence-electron chi connectivity index (χ2n) is 7.06. The van der Waals surface area contributed by atoms with E-state index in [1.165, 1.54) is 17.0 Å². The van der Waals surface area contributed by atoms with Gasteiger partial charge in [-0.2, -0.15) is 0 Å². The highest BCUT2D eigenvalue weighted by Gasteiger charge is 2.29. The average molecular weight is 405 g/mol. The minimum Gasteiger partial charge on any atom is -0.508 e. The van der Waals surface area contributed by atoms with Crippen LogP contribution in [0.5, 0.6) is 17.2 Å². The third-order valence-electron chi connectivity index (χ3n) is 4.98. The van der Waals surface area contributed by atoms with Crippen LogP contribution in [0.25, 0.3) is 0 Å². The lowest BCUT2D eigenvalue weighted by Gasteiger charge is -2.19. The lowest BCUT2D eigenvalue weighted by atomic mass is 10.1. The molecule has 1 aliphatic rings. The summed E-state index contributed by atoms with van der Waals surface area (Å²) >= 11 is 0. The molecule has 4 rings (SSSR count). The zero-order chi connectivity index (χ0) is 21.3. The fourth-order valence-corrected chi connectivity index (χ4v) is 3.48. The first-order valence-electron chi connectivity index (χ1n) is 9.29. The zero-order valence-corrected chi connectivity index (χ0v) is 15.9. The Morgan fingerprint density at radius 1 is 0.933 bits per heavy atom. The van der Waals surface area contributed by atoms with E-state index in [0.29, 0.717) is 0 Å². The molecule has 0 saturated heterocycles. The first-order chi connectivity index (χ1) is 14.4. The Morgan fingerprint density at radius 2 is 1.67 bits per heavy atom. The molecule has 7 nitrogen and oxygen atoms in total. The number of phenolic OH excluding ortho intramolecular Hbond substituents is 2. The number of amides is 1. The van der Waals surface area contributed by atoms with Crippen molar-refractivity contribution in [3.05, 3.63) is 88.5 Å². The zero-order valence-electron chi connectivity index (χ0n) is 15.9. The third-order valence-corrected chi connectivity index (χ3v) is 4.98. The Balaban J connectivity index is 1.60. The van der Waals surface area contributed by atoms with Crippen LogP contribution in [0.15, 0.2) is 60.7 Å². The SMILES string of the molecule is O=C(O)c1ccc2c(c1)CN(C(=O)c1c(O)cc(O)cc1OCc1ccccc1)C2. The molecule has 0 radical (unpaired) electrons. The molecule has 1 amide bonds. The molecule has 7 heteroatoms. The molecule has 152 valence electrons. The summed E-state index contributed by atoms with van der Waals surface area (Å²) in [5.74, 6) is -2.03. The van der Waals surface area contributed by atoms with E-state index in [9.17, 15) is 19.8 Å². The van der Waals surface area contributed by atoms with Crippen LogP contribution in [0.3, 0.4) is 0 Å². The van der Waals surface area contributed by atoms with Crippen molar-refractivity contribution in [1.29, 1.82) is 0 Å². The molecule has 0 saturated carbocycles. The van der Waals surface area contributed by atoms with E-state index in [1.54, 1.807) is 12.1 Å². The average Bonchev–Trinajstić information content (AvgIpc) is 3.15. The van der Waals surface area contributed by atoms with Crippen LogP contribution < -0.4 is 4.74 Å². The first-order valence-corrected chi connectivity index (χ1v) is 9.29. The van der Waals surface area contributed by atoms with Crippen molar-refractivity contribution in [1.82, 2.24) is 4.90 Å². The number of phenols is 2. The number of carbonyl (C=O) groups is 2. The van der Waals surface area contributed by atoms with Crippen LogP contribution in [0.2, 0.25) is 0 Å². The van der Waals surface area contributed by atoms with Crippen LogP contribution >= 0.6 is 0 Å². The van der Waals surface area contributed by atoms with Crippen molar-refractivity contribution in [3.8, 4) is 17.2 Å². The number of aromatic hydroxyl groups is 2. The molecule has 0 bridgehead atoms. The molecule has 0 atom stereocenters. The molecule has 0 aliphatic carbocycles. The molecule has 3 N–H and O–H groups in total. The van der Waals surface area contributed by atoms with Crippen molar-refractivity contribution in [2.24, 2.45) is 0 Å². The minimum atomic E-state index is -1.03. The molecule has 3 aromatic rings. The van der Waals surface area contributed by atoms with Gasteiger partial charge in [0.1, 0.15) is 29.4 Å². The summed E-state index contributed by atoms with van der Waals surface area (Å²) in [5, 5.41) is 29.4. The van der Waals surface area contributed by atoms with Crippen LogP contribution in [0, 0.1) is 0 Å². The van der Waals surface area contributed by atoms with E-state index in [4.69, 9.17) is 9.84 Å². The lowest BCUT2D eigenvalue weighted by molar-refractivity contribution is 0.0696. The van der Waals surface area contributed by atoms with Gasteiger partial charge in [-0.15, -0.1) is 0 Å². The van der Waals surface area contributed by atoms with Gasteiger partial charge in [0.2, 0.25) is 0 Å². The highest BCUT2D eigenvalue weighted by molar-refractivity contribution is 6.00. The standard InChI is InChI=1S/C23H19NO6/c25-18-9-19(26)21(20(10-18)30-13-14-4-2-1-3-5-14)22(27)24-11-16-7-6-15(23(28)29)8-17(16)12-24/h1-10,25-26H,11-13H2,(H,28,29). The predicted octanol–water partition coefficient (Wildman–Crippen LogP) is 3.53. The Morgan fingerprint density at radius 3 is 2.40 bits per heavy atom. The lowest BCUT2D eigenvalue weighted by Crippen LogP contribution is -2.26. The number of carboxylic acids is 1. The van der Waals surface area contributed by atoms with E-state index in [2.05, 4.69) is 0 Å². The van der Waals surface area contributed by atoms with E-state index < -0.39 is 11.9 Å². The highest BCUT2D eigenvalue weighted by Crippen LogP contribution is 2.36. The summed E-state index contributed by atoms with van der Waals surface area (Å²) in [6.45, 7) is 0.659. The maximum atomic E-state index is 13.2. The van der Waals surface area contributed by atoms with Crippen LogP contribution in [-0.4, -0.2) is 32.1 Å². The summed E-state index contributed by atoms with van der Waals surface area (Å²) in [6.07, 6.45) is 0. The number of hydrogen-bond donors (Lipinski definition) is 3. The van der Waals surface area contributed by atoms with Gasteiger partial charge in [0, 0.05) is 25.2 Å². The van der Waals surface area contributed by atoms with Crippen LogP contribution in [-0.2, 0) is 19.7 Å². The number of nitrogens with zero attached hydrogens (tertiary/aromatic N) is 1. The van der Waals surface area contributed by atoms with Gasteiger partial charge in [-0.25, -0.2) is 4.79 Å². The molecule has 0 fully saturated rings. The Labute approximate surface area is 172 Å². The topological polar surface area (TPSA) is 107 Å². The first kappa shape index (κ1) is 19.3. The quantitative estimate of drug-likeness (QED) is 0.599. The number of ether oxygens (including phenoxy) is 1. The second-order valence-corrected chi connectivity index (χ2v) is 7.06. The van der Waals surface area contributed by atoms with Gasteiger partial charge in [0.05, 0.1) is 5.56 Å². The second kappa shape index (κ2) is 7.79. The molecular formula is C23H19NO6. The van der Waals surface area contributed by atoms with Crippen molar-refractivity contribution >= 4 is 11.9 Å². The van der Waals surface area contributed by atoms with E-state index >= 15 is 0 Å². The number of carboxylic acid groups (broad SMARTS) is 1. The van der Waals surface area contributed by atoms with Crippen molar-refractivity contribution in [2.45, 2.75) is 19.7 Å². The molecule has 0 spiro atoms. The smallest absolute Gasteiger partial charge is 0.335 e. The molecule has 0 unspecified atom stereocenters. The van der Waals surface area contributed by atoms with Gasteiger partial charge in [-0.1, -0.05) is 36.4 Å². The third kappa shape index (κ3) is 3.77. The van der Waals surface area contributed by atoms with Gasteiger partial charge < -0.3 is 25.0 Å². The number of fused-ring (bicyclic) bond motifs is 1. The molecule has 30 heavy (non-hydrogen) atoms. The van der Waals surface area contributed by atoms with Crippen molar-refractivity contribution < 1.29 is 29.6 Å². The maximum absolute atomic E-state index is 13.2. The van der Waals surface area contributed by atoms with Gasteiger partial charge in [-0.05, 0) is 28.8 Å². The number of benzene rings is 3. The number of hydrogen-bond acceptors (Lipinski definition) is 5. The van der Waals surface area contributed by atoms with Gasteiger partial charge >= 0.3 is 5.97 Å². The summed E-state index contributed by atoms with van der Waals surface area (Å²) in [6, 6.07) is 16.4. The minimum absolute atomic E-state index is 0.0463. The van der Waals surface area contributed by atoms with Crippen LogP contribution in [0.4, 0.5) is 0 Å². The normalized spacial score (nSPS) is 12.5. The maximum Gasteiger partial charge on any atom is 0.335 e. The predicted molar refractivity (Wildman–Crippen MR) is 108 cm³/mol. The van der Waals surface area contributed by atoms with Crippen molar-refractivity contribution in [3.63, 3.8) is 0 Å². The molecule has 1 aliphatic heterocycles. The van der Waals surface area contributed by atoms with E-state index in [0.717, 1.165) is 22.8 Å². The highest BCUT2D eigenvalue weighted by atomic mass is 16.5. The number of carbonyl (C=O) groups excluding carboxylic acids is 1. The summed E-state index contributed by atoms with van der Waals surface area (Å²) in [7, 11) is 0. The van der Waals surface area contributed by atoms with Crippen molar-refractivity contribution in [2.75, 3.05) is 0 Å². The number of aromatic carboxylic acids is 1. The molecule has 3 aromatic carbocycles. The molecular weight excluding hydrogens is 386 g/mol. The monoisotopic (exact) mass is 405 g/mol. The Bertz CT molecular complexity index is 1130. The Hall–Kier alpha value is -4.00. The van der Waals surface area contributed by atoms with Gasteiger partial charge in [0.25, 0.3) is 5.91 Å². The van der Waals surface area contributed by atoms with E-state index in [-0.39, 0.29) is 48.1 Å². The summed E-state index contributed by atoms with van der Waals surface area (Å²) in [4.78, 5) is 25.9. The molecule has 1 heterocycles. The molecule has 0 aromatic heterocycles. The Kier molecular flexibility index (Phi) is 5.02. The summed E-state index contributed by atoms with van der Waals surface area (Å²) < 4.78 is 5.75. The number of rotatable bonds is 5. The largest absolute Gasteiger partial charge is 0.508 e. The fraction of sp³-hybridized carbons (Fsp3) is 0.130. The fourth-order valence-electron chi connectivity index (χ4n) is 3.48. The summed E-state index contributed by atoms with van der Waals surface area (Å²) in [5.41, 5.74) is 2.57. The van der Waals surface area contributed by atoms with Crippen LogP contribution in [0.1, 0.15) is 37.4 Å². The van der Waals surface area contributed by atoms with Gasteiger partial charge in [0.15, 0.2) is 0 Å².